The maximum absolute atomic E-state index is 13.7. The van der Waals surface area contributed by atoms with Crippen LogP contribution in [0.5, 0.6) is 0 Å². The average Bonchev–Trinajstić information content (AvgIpc) is 3.12. The van der Waals surface area contributed by atoms with Crippen LogP contribution in [0.4, 0.5) is 9.18 Å². The molecule has 0 spiro atoms. The van der Waals surface area contributed by atoms with Crippen LogP contribution >= 0.6 is 11.8 Å². The van der Waals surface area contributed by atoms with Crippen LogP contribution in [0.15, 0.2) is 35.2 Å². The fourth-order valence-corrected chi connectivity index (χ4v) is 5.21. The van der Waals surface area contributed by atoms with Gasteiger partial charge in [-0.2, -0.15) is 0 Å². The molecular formula is C23H25FN2O2S. The van der Waals surface area contributed by atoms with Gasteiger partial charge in [-0.3, -0.25) is 14.5 Å². The largest absolute Gasteiger partial charge is 0.318 e. The molecule has 4 nitrogen and oxygen atoms in total. The summed E-state index contributed by atoms with van der Waals surface area (Å²) in [5, 5.41) is -0.175. The first-order valence-corrected chi connectivity index (χ1v) is 11.0. The SMILES string of the molecule is Cc1cc(/C=C2/SC(=O)N(CC3CCCCC3)C2=O)c(C)n1-c1cccc(F)c1. The molecule has 0 radical (unpaired) electrons. The number of nitrogens with zero attached hydrogens (tertiary/aromatic N) is 2. The van der Waals surface area contributed by atoms with E-state index in [0.29, 0.717) is 17.4 Å². The van der Waals surface area contributed by atoms with Crippen molar-refractivity contribution in [1.29, 1.82) is 0 Å². The molecule has 0 unspecified atom stereocenters. The van der Waals surface area contributed by atoms with E-state index in [9.17, 15) is 14.0 Å². The highest BCUT2D eigenvalue weighted by Gasteiger charge is 2.36. The molecular weight excluding hydrogens is 387 g/mol. The van der Waals surface area contributed by atoms with Gasteiger partial charge in [-0.25, -0.2) is 4.39 Å². The molecule has 2 heterocycles. The third kappa shape index (κ3) is 4.04. The highest BCUT2D eigenvalue weighted by atomic mass is 32.2. The molecule has 1 saturated heterocycles. The lowest BCUT2D eigenvalue weighted by Crippen LogP contribution is -2.34. The monoisotopic (exact) mass is 412 g/mol. The van der Waals surface area contributed by atoms with Gasteiger partial charge in [0.15, 0.2) is 0 Å². The number of halogens is 1. The van der Waals surface area contributed by atoms with Gasteiger partial charge in [0, 0.05) is 23.6 Å². The number of carbonyl (C=O) groups excluding carboxylic acids is 2. The molecule has 1 saturated carbocycles. The number of amides is 2. The normalized spacial score (nSPS) is 19.6. The number of hydrogen-bond donors (Lipinski definition) is 0. The van der Waals surface area contributed by atoms with E-state index in [1.54, 1.807) is 12.1 Å². The summed E-state index contributed by atoms with van der Waals surface area (Å²) in [6.45, 7) is 4.42. The molecule has 1 aliphatic carbocycles. The van der Waals surface area contributed by atoms with Crippen molar-refractivity contribution in [2.45, 2.75) is 46.0 Å². The first-order valence-electron chi connectivity index (χ1n) is 10.1. The van der Waals surface area contributed by atoms with Gasteiger partial charge in [0.25, 0.3) is 11.1 Å². The molecule has 1 aromatic heterocycles. The van der Waals surface area contributed by atoms with E-state index in [1.807, 2.05) is 30.5 Å². The van der Waals surface area contributed by atoms with Crippen molar-refractivity contribution in [1.82, 2.24) is 9.47 Å². The summed E-state index contributed by atoms with van der Waals surface area (Å²) in [6.07, 6.45) is 7.60. The summed E-state index contributed by atoms with van der Waals surface area (Å²) in [4.78, 5) is 27.2. The standard InChI is InChI=1S/C23H25FN2O2S/c1-15-11-18(16(2)26(15)20-10-6-9-19(24)13-20)12-21-22(27)25(23(28)29-21)14-17-7-4-3-5-8-17/h6,9-13,17H,3-5,7-8,14H2,1-2H3/b21-12+. The fraction of sp³-hybridized carbons (Fsp3) is 0.391. The Morgan fingerprint density at radius 1 is 1.14 bits per heavy atom. The summed E-state index contributed by atoms with van der Waals surface area (Å²) in [5.74, 6) is -0.0591. The van der Waals surface area contributed by atoms with Gasteiger partial charge in [-0.15, -0.1) is 0 Å². The second-order valence-corrected chi connectivity index (χ2v) is 8.93. The van der Waals surface area contributed by atoms with Crippen molar-refractivity contribution < 1.29 is 14.0 Å². The predicted octanol–water partition coefficient (Wildman–Crippen LogP) is 5.85. The zero-order valence-electron chi connectivity index (χ0n) is 16.8. The zero-order valence-corrected chi connectivity index (χ0v) is 17.6. The third-order valence-corrected chi connectivity index (χ3v) is 6.77. The molecule has 0 N–H and O–H groups in total. The summed E-state index contributed by atoms with van der Waals surface area (Å²) < 4.78 is 15.6. The van der Waals surface area contributed by atoms with Crippen molar-refractivity contribution in [2.24, 2.45) is 5.92 Å². The fourth-order valence-electron chi connectivity index (χ4n) is 4.37. The van der Waals surface area contributed by atoms with E-state index in [4.69, 9.17) is 0 Å². The van der Waals surface area contributed by atoms with Crippen LogP contribution in [0.1, 0.15) is 49.1 Å². The number of hydrogen-bond acceptors (Lipinski definition) is 3. The van der Waals surface area contributed by atoms with Gasteiger partial charge in [0.05, 0.1) is 4.91 Å². The average molecular weight is 413 g/mol. The summed E-state index contributed by atoms with van der Waals surface area (Å²) in [6, 6.07) is 8.41. The summed E-state index contributed by atoms with van der Waals surface area (Å²) >= 11 is 1.02. The van der Waals surface area contributed by atoms with Crippen LogP contribution in [-0.2, 0) is 4.79 Å². The minimum atomic E-state index is -0.291. The lowest BCUT2D eigenvalue weighted by molar-refractivity contribution is -0.123. The number of aryl methyl sites for hydroxylation is 1. The van der Waals surface area contributed by atoms with Gasteiger partial charge in [-0.1, -0.05) is 25.3 Å². The van der Waals surface area contributed by atoms with Gasteiger partial charge >= 0.3 is 0 Å². The first-order chi connectivity index (χ1) is 13.9. The first kappa shape index (κ1) is 20.0. The molecule has 2 fully saturated rings. The Morgan fingerprint density at radius 3 is 2.62 bits per heavy atom. The van der Waals surface area contributed by atoms with Crippen molar-refractivity contribution in [3.05, 3.63) is 58.0 Å². The number of carbonyl (C=O) groups is 2. The number of benzene rings is 1. The van der Waals surface area contributed by atoms with E-state index < -0.39 is 0 Å². The molecule has 2 aromatic rings. The molecule has 4 rings (SSSR count). The van der Waals surface area contributed by atoms with Crippen LogP contribution in [0.3, 0.4) is 0 Å². The number of rotatable bonds is 4. The van der Waals surface area contributed by atoms with Crippen LogP contribution in [0.25, 0.3) is 11.8 Å². The Morgan fingerprint density at radius 2 is 1.90 bits per heavy atom. The number of imide groups is 1. The Balaban J connectivity index is 1.59. The Hall–Kier alpha value is -2.34. The second-order valence-electron chi connectivity index (χ2n) is 7.94. The minimum Gasteiger partial charge on any atom is -0.318 e. The maximum atomic E-state index is 13.7. The van der Waals surface area contributed by atoms with Crippen molar-refractivity contribution in [2.75, 3.05) is 6.54 Å². The second kappa shape index (κ2) is 8.19. The lowest BCUT2D eigenvalue weighted by Gasteiger charge is -2.25. The molecule has 0 bridgehead atoms. The topological polar surface area (TPSA) is 42.3 Å². The molecule has 152 valence electrons. The van der Waals surface area contributed by atoms with Crippen molar-refractivity contribution in [3.8, 4) is 5.69 Å². The molecule has 1 aromatic carbocycles. The van der Waals surface area contributed by atoms with Crippen molar-refractivity contribution >= 4 is 29.0 Å². The lowest BCUT2D eigenvalue weighted by atomic mass is 9.89. The Bertz CT molecular complexity index is 989. The quantitative estimate of drug-likeness (QED) is 0.592. The molecule has 6 heteroatoms. The van der Waals surface area contributed by atoms with Crippen LogP contribution in [0.2, 0.25) is 0 Å². The minimum absolute atomic E-state index is 0.175. The van der Waals surface area contributed by atoms with Gasteiger partial charge in [0.2, 0.25) is 0 Å². The highest BCUT2D eigenvalue weighted by molar-refractivity contribution is 8.18. The molecule has 0 atom stereocenters. The molecule has 2 amide bonds. The molecule has 29 heavy (non-hydrogen) atoms. The molecule has 2 aliphatic rings. The number of aromatic nitrogens is 1. The smallest absolute Gasteiger partial charge is 0.293 e. The van der Waals surface area contributed by atoms with E-state index >= 15 is 0 Å². The van der Waals surface area contributed by atoms with Gasteiger partial charge in [0.1, 0.15) is 5.82 Å². The van der Waals surface area contributed by atoms with E-state index in [2.05, 4.69) is 0 Å². The molecule has 1 aliphatic heterocycles. The van der Waals surface area contributed by atoms with Crippen LogP contribution < -0.4 is 0 Å². The predicted molar refractivity (Wildman–Crippen MR) is 114 cm³/mol. The van der Waals surface area contributed by atoms with Crippen LogP contribution in [-0.4, -0.2) is 27.2 Å². The van der Waals surface area contributed by atoms with Crippen molar-refractivity contribution in [3.63, 3.8) is 0 Å². The van der Waals surface area contributed by atoms with E-state index in [1.165, 1.54) is 36.3 Å². The zero-order chi connectivity index (χ0) is 20.5. The Kier molecular flexibility index (Phi) is 5.63. The summed E-state index contributed by atoms with van der Waals surface area (Å²) in [5.41, 5.74) is 3.47. The number of thioether (sulfide) groups is 1. The van der Waals surface area contributed by atoms with Gasteiger partial charge < -0.3 is 4.57 Å². The Labute approximate surface area is 174 Å². The summed E-state index contributed by atoms with van der Waals surface area (Å²) in [7, 11) is 0. The highest BCUT2D eigenvalue weighted by Crippen LogP contribution is 2.35. The van der Waals surface area contributed by atoms with E-state index in [0.717, 1.165) is 47.2 Å². The maximum Gasteiger partial charge on any atom is 0.293 e. The van der Waals surface area contributed by atoms with E-state index in [-0.39, 0.29) is 17.0 Å². The third-order valence-electron chi connectivity index (χ3n) is 5.86. The van der Waals surface area contributed by atoms with Crippen LogP contribution in [0, 0.1) is 25.6 Å². The van der Waals surface area contributed by atoms with Gasteiger partial charge in [-0.05, 0) is 80.3 Å².